The highest BCUT2D eigenvalue weighted by Gasteiger charge is 2.61. The summed E-state index contributed by atoms with van der Waals surface area (Å²) in [5.41, 5.74) is 1.08. The highest BCUT2D eigenvalue weighted by atomic mass is 19.4. The highest BCUT2D eigenvalue weighted by molar-refractivity contribution is 5.88. The highest BCUT2D eigenvalue weighted by Crippen LogP contribution is 2.38. The number of aromatic nitrogens is 2. The topological polar surface area (TPSA) is 95.6 Å². The molecule has 1 aliphatic heterocycles. The first kappa shape index (κ1) is 22.6. The molecule has 1 saturated heterocycles. The van der Waals surface area contributed by atoms with E-state index in [0.29, 0.717) is 19.4 Å². The van der Waals surface area contributed by atoms with Crippen molar-refractivity contribution in [1.29, 1.82) is 5.26 Å². The Bertz CT molecular complexity index is 915. The van der Waals surface area contributed by atoms with Gasteiger partial charge in [0.1, 0.15) is 5.75 Å². The SMILES string of the molecule is N#CCCCOC(=O)c1cnn(Cc2ccc(OCC3(C(F)(F)F)OCCO3)cc2)c1. The molecule has 2 aromatic rings. The molecular formula is C20H20F3N3O5. The smallest absolute Gasteiger partial charge is 0.447 e. The van der Waals surface area contributed by atoms with Crippen LogP contribution < -0.4 is 4.74 Å². The van der Waals surface area contributed by atoms with Crippen LogP contribution in [-0.2, 0) is 20.8 Å². The molecule has 1 fully saturated rings. The minimum atomic E-state index is -4.71. The molecule has 0 spiro atoms. The molecule has 3 rings (SSSR count). The van der Waals surface area contributed by atoms with Crippen molar-refractivity contribution in [2.45, 2.75) is 31.3 Å². The first-order valence-corrected chi connectivity index (χ1v) is 9.46. The predicted molar refractivity (Wildman–Crippen MR) is 99.1 cm³/mol. The van der Waals surface area contributed by atoms with Crippen LogP contribution in [0.4, 0.5) is 13.2 Å². The number of ether oxygens (including phenoxy) is 4. The van der Waals surface area contributed by atoms with E-state index in [2.05, 4.69) is 5.10 Å². The van der Waals surface area contributed by atoms with Gasteiger partial charge < -0.3 is 18.9 Å². The minimum absolute atomic E-state index is 0.152. The molecule has 1 aromatic heterocycles. The van der Waals surface area contributed by atoms with Gasteiger partial charge in [0.2, 0.25) is 0 Å². The van der Waals surface area contributed by atoms with E-state index in [9.17, 15) is 18.0 Å². The van der Waals surface area contributed by atoms with E-state index in [1.165, 1.54) is 29.2 Å². The van der Waals surface area contributed by atoms with Crippen molar-refractivity contribution in [3.8, 4) is 11.8 Å². The van der Waals surface area contributed by atoms with Gasteiger partial charge in [-0.05, 0) is 24.1 Å². The predicted octanol–water partition coefficient (Wildman–Crippen LogP) is 3.08. The molecule has 0 saturated carbocycles. The maximum Gasteiger partial charge on any atom is 0.447 e. The number of rotatable bonds is 9. The van der Waals surface area contributed by atoms with Gasteiger partial charge in [-0.1, -0.05) is 12.1 Å². The molecule has 0 amide bonds. The Labute approximate surface area is 176 Å². The van der Waals surface area contributed by atoms with Crippen LogP contribution >= 0.6 is 0 Å². The Kier molecular flexibility index (Phi) is 7.14. The van der Waals surface area contributed by atoms with Gasteiger partial charge in [0.15, 0.2) is 6.61 Å². The zero-order valence-corrected chi connectivity index (χ0v) is 16.4. The lowest BCUT2D eigenvalue weighted by Gasteiger charge is -2.29. The second-order valence-electron chi connectivity index (χ2n) is 6.70. The number of halogens is 3. The van der Waals surface area contributed by atoms with Crippen LogP contribution in [0.15, 0.2) is 36.7 Å². The molecule has 11 heteroatoms. The summed E-state index contributed by atoms with van der Waals surface area (Å²) >= 11 is 0. The average Bonchev–Trinajstić information content (AvgIpc) is 3.41. The van der Waals surface area contributed by atoms with Crippen LogP contribution in [-0.4, -0.2) is 54.1 Å². The zero-order chi connectivity index (χ0) is 22.3. The van der Waals surface area contributed by atoms with Crippen LogP contribution in [0.2, 0.25) is 0 Å². The van der Waals surface area contributed by atoms with Gasteiger partial charge in [-0.25, -0.2) is 4.79 Å². The third-order valence-electron chi connectivity index (χ3n) is 4.42. The molecule has 0 bridgehead atoms. The molecule has 8 nitrogen and oxygen atoms in total. The lowest BCUT2D eigenvalue weighted by atomic mass is 10.2. The molecule has 1 aliphatic rings. The second kappa shape index (κ2) is 9.80. The van der Waals surface area contributed by atoms with E-state index >= 15 is 0 Å². The number of nitrogens with zero attached hydrogens (tertiary/aromatic N) is 3. The quantitative estimate of drug-likeness (QED) is 0.438. The Hall–Kier alpha value is -3.10. The molecule has 0 aliphatic carbocycles. The first-order chi connectivity index (χ1) is 14.8. The van der Waals surface area contributed by atoms with Crippen LogP contribution in [0.1, 0.15) is 28.8 Å². The van der Waals surface area contributed by atoms with Gasteiger partial charge in [0.25, 0.3) is 0 Å². The first-order valence-electron chi connectivity index (χ1n) is 9.46. The van der Waals surface area contributed by atoms with Gasteiger partial charge in [-0.3, -0.25) is 4.68 Å². The van der Waals surface area contributed by atoms with Crippen molar-refractivity contribution in [3.63, 3.8) is 0 Å². The second-order valence-corrected chi connectivity index (χ2v) is 6.70. The summed E-state index contributed by atoms with van der Waals surface area (Å²) in [4.78, 5) is 11.9. The van der Waals surface area contributed by atoms with E-state index < -0.39 is 24.5 Å². The number of unbranched alkanes of at least 4 members (excludes halogenated alkanes) is 1. The third-order valence-corrected chi connectivity index (χ3v) is 4.42. The maximum atomic E-state index is 13.2. The number of nitriles is 1. The van der Waals surface area contributed by atoms with E-state index in [4.69, 9.17) is 24.2 Å². The number of alkyl halides is 3. The summed E-state index contributed by atoms with van der Waals surface area (Å²) in [7, 11) is 0. The molecule has 0 radical (unpaired) electrons. The number of hydrogen-bond acceptors (Lipinski definition) is 7. The van der Waals surface area contributed by atoms with E-state index in [1.807, 2.05) is 6.07 Å². The molecule has 0 unspecified atom stereocenters. The number of carbonyl (C=O) groups is 1. The van der Waals surface area contributed by atoms with Gasteiger partial charge in [0, 0.05) is 12.6 Å². The van der Waals surface area contributed by atoms with Crippen molar-refractivity contribution >= 4 is 5.97 Å². The fraction of sp³-hybridized carbons (Fsp3) is 0.450. The summed E-state index contributed by atoms with van der Waals surface area (Å²) in [6, 6.07) is 8.38. The van der Waals surface area contributed by atoms with Crippen LogP contribution in [0, 0.1) is 11.3 Å². The van der Waals surface area contributed by atoms with Crippen molar-refractivity contribution in [1.82, 2.24) is 9.78 Å². The monoisotopic (exact) mass is 439 g/mol. The minimum Gasteiger partial charge on any atom is -0.488 e. The standard InChI is InChI=1S/C20H20F3N3O5/c21-20(22,23)19(30-9-10-31-19)14-29-17-5-3-15(4-6-17)12-26-13-16(11-25-26)18(27)28-8-2-1-7-24/h3-6,11,13H,1-2,8-10,12,14H2. The Morgan fingerprint density at radius 2 is 1.97 bits per heavy atom. The largest absolute Gasteiger partial charge is 0.488 e. The fourth-order valence-electron chi connectivity index (χ4n) is 2.79. The Balaban J connectivity index is 1.52. The van der Waals surface area contributed by atoms with E-state index in [0.717, 1.165) is 5.56 Å². The molecule has 1 aromatic carbocycles. The van der Waals surface area contributed by atoms with Gasteiger partial charge in [0.05, 0.1) is 44.2 Å². The molecule has 31 heavy (non-hydrogen) atoms. The molecule has 166 valence electrons. The van der Waals surface area contributed by atoms with Crippen LogP contribution in [0.25, 0.3) is 0 Å². The summed E-state index contributed by atoms with van der Waals surface area (Å²) in [6.07, 6.45) is -1.03. The number of carbonyl (C=O) groups excluding carboxylic acids is 1. The molecule has 0 N–H and O–H groups in total. The summed E-state index contributed by atoms with van der Waals surface area (Å²) in [5.74, 6) is -3.04. The fourth-order valence-corrected chi connectivity index (χ4v) is 2.79. The summed E-state index contributed by atoms with van der Waals surface area (Å²) < 4.78 is 60.9. The zero-order valence-electron chi connectivity index (χ0n) is 16.4. The molecule has 0 atom stereocenters. The van der Waals surface area contributed by atoms with Gasteiger partial charge >= 0.3 is 17.9 Å². The molecule has 2 heterocycles. The number of hydrogen-bond donors (Lipinski definition) is 0. The third kappa shape index (κ3) is 5.74. The Morgan fingerprint density at radius 3 is 2.61 bits per heavy atom. The van der Waals surface area contributed by atoms with E-state index in [-0.39, 0.29) is 31.1 Å². The van der Waals surface area contributed by atoms with Crippen molar-refractivity contribution in [2.75, 3.05) is 26.4 Å². The van der Waals surface area contributed by atoms with Gasteiger partial charge in [-0.2, -0.15) is 23.5 Å². The number of esters is 1. The number of benzene rings is 1. The Morgan fingerprint density at radius 1 is 1.26 bits per heavy atom. The maximum absolute atomic E-state index is 13.2. The van der Waals surface area contributed by atoms with Gasteiger partial charge in [-0.15, -0.1) is 0 Å². The van der Waals surface area contributed by atoms with E-state index in [1.54, 1.807) is 12.1 Å². The average molecular weight is 439 g/mol. The van der Waals surface area contributed by atoms with Crippen LogP contribution in [0.5, 0.6) is 5.75 Å². The molecular weight excluding hydrogens is 419 g/mol. The van der Waals surface area contributed by atoms with Crippen molar-refractivity contribution in [2.24, 2.45) is 0 Å². The lowest BCUT2D eigenvalue weighted by molar-refractivity contribution is -0.350. The summed E-state index contributed by atoms with van der Waals surface area (Å²) in [6.45, 7) is -0.623. The van der Waals surface area contributed by atoms with Crippen LogP contribution in [0.3, 0.4) is 0 Å². The van der Waals surface area contributed by atoms with Crippen molar-refractivity contribution in [3.05, 3.63) is 47.8 Å². The summed E-state index contributed by atoms with van der Waals surface area (Å²) in [5, 5.41) is 12.6. The normalized spacial score (nSPS) is 15.4. The van der Waals surface area contributed by atoms with Crippen molar-refractivity contribution < 1.29 is 36.9 Å². The lowest BCUT2D eigenvalue weighted by Crippen LogP contribution is -2.51.